The SMILES string of the molecule is O=C(c1ccccc1)[C@H]1N=Nc2ccc(Br)cc21. The highest BCUT2D eigenvalue weighted by molar-refractivity contribution is 9.10. The predicted molar refractivity (Wildman–Crippen MR) is 72.2 cm³/mol. The number of ketones is 1. The van der Waals surface area contributed by atoms with Gasteiger partial charge in [-0.1, -0.05) is 46.3 Å². The van der Waals surface area contributed by atoms with Crippen LogP contribution in [0.15, 0.2) is 63.2 Å². The summed E-state index contributed by atoms with van der Waals surface area (Å²) in [5.41, 5.74) is 2.29. The van der Waals surface area contributed by atoms with E-state index < -0.39 is 6.04 Å². The minimum Gasteiger partial charge on any atom is -0.291 e. The number of hydrogen-bond donors (Lipinski definition) is 0. The van der Waals surface area contributed by atoms with E-state index in [1.54, 1.807) is 12.1 Å². The summed E-state index contributed by atoms with van der Waals surface area (Å²) in [6, 6.07) is 14.3. The number of nitrogens with zero attached hydrogens (tertiary/aromatic N) is 2. The first-order chi connectivity index (χ1) is 8.75. The van der Waals surface area contributed by atoms with E-state index in [2.05, 4.69) is 26.2 Å². The molecular formula is C14H9BrN2O. The molecule has 2 aromatic rings. The molecule has 2 aromatic carbocycles. The largest absolute Gasteiger partial charge is 0.291 e. The number of benzene rings is 2. The normalized spacial score (nSPS) is 16.6. The van der Waals surface area contributed by atoms with E-state index in [9.17, 15) is 4.79 Å². The second kappa shape index (κ2) is 4.46. The lowest BCUT2D eigenvalue weighted by Gasteiger charge is -2.07. The third-order valence-electron chi connectivity index (χ3n) is 2.87. The molecule has 1 heterocycles. The van der Waals surface area contributed by atoms with Crippen molar-refractivity contribution in [3.05, 3.63) is 64.1 Å². The van der Waals surface area contributed by atoms with E-state index in [1.165, 1.54) is 0 Å². The van der Waals surface area contributed by atoms with Gasteiger partial charge in [0.25, 0.3) is 0 Å². The van der Waals surface area contributed by atoms with E-state index in [0.717, 1.165) is 15.7 Å². The first-order valence-electron chi connectivity index (χ1n) is 5.55. The molecule has 0 spiro atoms. The van der Waals surface area contributed by atoms with Crippen LogP contribution >= 0.6 is 15.9 Å². The maximum absolute atomic E-state index is 12.4. The smallest absolute Gasteiger partial charge is 0.193 e. The fraction of sp³-hybridized carbons (Fsp3) is 0.0714. The molecule has 4 heteroatoms. The van der Waals surface area contributed by atoms with E-state index in [4.69, 9.17) is 0 Å². The molecule has 1 aliphatic rings. The molecule has 0 unspecified atom stereocenters. The van der Waals surface area contributed by atoms with Crippen LogP contribution in [0.3, 0.4) is 0 Å². The van der Waals surface area contributed by atoms with Gasteiger partial charge in [0.1, 0.15) is 0 Å². The Morgan fingerprint density at radius 2 is 1.89 bits per heavy atom. The van der Waals surface area contributed by atoms with E-state index in [1.807, 2.05) is 36.4 Å². The standard InChI is InChI=1S/C14H9BrN2O/c15-10-6-7-12-11(8-10)13(17-16-12)14(18)9-4-2-1-3-5-9/h1-8,13H/t13-/m0/s1. The zero-order chi connectivity index (χ0) is 12.5. The number of fused-ring (bicyclic) bond motifs is 1. The van der Waals surface area contributed by atoms with Crippen LogP contribution in [-0.4, -0.2) is 5.78 Å². The van der Waals surface area contributed by atoms with Gasteiger partial charge in [-0.25, -0.2) is 0 Å². The van der Waals surface area contributed by atoms with Crippen molar-refractivity contribution in [1.82, 2.24) is 0 Å². The Kier molecular flexibility index (Phi) is 2.80. The molecule has 1 aliphatic heterocycles. The molecule has 0 aromatic heterocycles. The summed E-state index contributed by atoms with van der Waals surface area (Å²) in [5.74, 6) is -0.0174. The summed E-state index contributed by atoms with van der Waals surface area (Å²) in [4.78, 5) is 12.4. The molecule has 0 aliphatic carbocycles. The van der Waals surface area contributed by atoms with Crippen molar-refractivity contribution in [1.29, 1.82) is 0 Å². The molecule has 88 valence electrons. The van der Waals surface area contributed by atoms with Gasteiger partial charge in [-0.15, -0.1) is 0 Å². The maximum atomic E-state index is 12.4. The molecule has 18 heavy (non-hydrogen) atoms. The van der Waals surface area contributed by atoms with Crippen molar-refractivity contribution < 1.29 is 4.79 Å². The van der Waals surface area contributed by atoms with Crippen LogP contribution in [0.4, 0.5) is 5.69 Å². The molecular weight excluding hydrogens is 292 g/mol. The Morgan fingerprint density at radius 3 is 2.67 bits per heavy atom. The first kappa shape index (κ1) is 11.3. The minimum absolute atomic E-state index is 0.0174. The fourth-order valence-corrected chi connectivity index (χ4v) is 2.35. The lowest BCUT2D eigenvalue weighted by atomic mass is 9.98. The quantitative estimate of drug-likeness (QED) is 0.754. The summed E-state index contributed by atoms with van der Waals surface area (Å²) < 4.78 is 0.930. The van der Waals surface area contributed by atoms with Gasteiger partial charge in [0.15, 0.2) is 11.8 Å². The molecule has 0 radical (unpaired) electrons. The Labute approximate surface area is 113 Å². The van der Waals surface area contributed by atoms with E-state index in [-0.39, 0.29) is 5.78 Å². The monoisotopic (exact) mass is 300 g/mol. The lowest BCUT2D eigenvalue weighted by molar-refractivity contribution is 0.0962. The van der Waals surface area contributed by atoms with Crippen molar-refractivity contribution in [2.45, 2.75) is 6.04 Å². The summed E-state index contributed by atoms with van der Waals surface area (Å²) in [6.07, 6.45) is 0. The second-order valence-corrected chi connectivity index (χ2v) is 4.97. The zero-order valence-electron chi connectivity index (χ0n) is 9.38. The number of Topliss-reactive ketones (excluding diaryl/α,β-unsaturated/α-hetero) is 1. The topological polar surface area (TPSA) is 41.8 Å². The summed E-state index contributed by atoms with van der Waals surface area (Å²) in [7, 11) is 0. The molecule has 0 saturated heterocycles. The van der Waals surface area contributed by atoms with Crippen LogP contribution in [-0.2, 0) is 0 Å². The Bertz CT molecular complexity index is 637. The Hall–Kier alpha value is -1.81. The molecule has 0 saturated carbocycles. The number of azo groups is 1. The van der Waals surface area contributed by atoms with Gasteiger partial charge in [0, 0.05) is 15.6 Å². The Morgan fingerprint density at radius 1 is 1.11 bits per heavy atom. The zero-order valence-corrected chi connectivity index (χ0v) is 11.0. The van der Waals surface area contributed by atoms with Crippen LogP contribution in [0, 0.1) is 0 Å². The molecule has 0 bridgehead atoms. The van der Waals surface area contributed by atoms with Crippen molar-refractivity contribution in [2.75, 3.05) is 0 Å². The van der Waals surface area contributed by atoms with Crippen molar-refractivity contribution in [3.63, 3.8) is 0 Å². The second-order valence-electron chi connectivity index (χ2n) is 4.05. The van der Waals surface area contributed by atoms with Gasteiger partial charge in [-0.2, -0.15) is 10.2 Å². The summed E-state index contributed by atoms with van der Waals surface area (Å²) in [5, 5.41) is 8.13. The van der Waals surface area contributed by atoms with Crippen LogP contribution < -0.4 is 0 Å². The third-order valence-corrected chi connectivity index (χ3v) is 3.37. The van der Waals surface area contributed by atoms with Crippen LogP contribution in [0.25, 0.3) is 0 Å². The van der Waals surface area contributed by atoms with Gasteiger partial charge in [0.2, 0.25) is 0 Å². The van der Waals surface area contributed by atoms with Crippen molar-refractivity contribution >= 4 is 27.4 Å². The van der Waals surface area contributed by atoms with Crippen LogP contribution in [0.1, 0.15) is 22.0 Å². The van der Waals surface area contributed by atoms with Crippen LogP contribution in [0.5, 0.6) is 0 Å². The highest BCUT2D eigenvalue weighted by Gasteiger charge is 2.28. The number of carbonyl (C=O) groups excluding carboxylic acids is 1. The number of carbonyl (C=O) groups is 1. The minimum atomic E-state index is -0.514. The fourth-order valence-electron chi connectivity index (χ4n) is 1.97. The lowest BCUT2D eigenvalue weighted by Crippen LogP contribution is -2.08. The molecule has 3 nitrogen and oxygen atoms in total. The van der Waals surface area contributed by atoms with Gasteiger partial charge in [-0.3, -0.25) is 4.79 Å². The first-order valence-corrected chi connectivity index (χ1v) is 6.34. The van der Waals surface area contributed by atoms with Crippen molar-refractivity contribution in [3.8, 4) is 0 Å². The predicted octanol–water partition coefficient (Wildman–Crippen LogP) is 4.47. The van der Waals surface area contributed by atoms with E-state index >= 15 is 0 Å². The van der Waals surface area contributed by atoms with Crippen LogP contribution in [0.2, 0.25) is 0 Å². The summed E-state index contributed by atoms with van der Waals surface area (Å²) >= 11 is 3.40. The Balaban J connectivity index is 2.00. The van der Waals surface area contributed by atoms with Crippen molar-refractivity contribution in [2.24, 2.45) is 10.2 Å². The number of halogens is 1. The number of hydrogen-bond acceptors (Lipinski definition) is 3. The molecule has 0 fully saturated rings. The highest BCUT2D eigenvalue weighted by atomic mass is 79.9. The van der Waals surface area contributed by atoms with Gasteiger partial charge in [0.05, 0.1) is 5.69 Å². The molecule has 0 amide bonds. The van der Waals surface area contributed by atoms with Gasteiger partial charge in [-0.05, 0) is 18.2 Å². The van der Waals surface area contributed by atoms with Gasteiger partial charge >= 0.3 is 0 Å². The molecule has 1 atom stereocenters. The molecule has 3 rings (SSSR count). The maximum Gasteiger partial charge on any atom is 0.193 e. The highest BCUT2D eigenvalue weighted by Crippen LogP contribution is 2.38. The third kappa shape index (κ3) is 1.88. The van der Waals surface area contributed by atoms with E-state index in [0.29, 0.717) is 5.56 Å². The molecule has 0 N–H and O–H groups in total. The summed E-state index contributed by atoms with van der Waals surface area (Å²) in [6.45, 7) is 0. The number of rotatable bonds is 2. The average molecular weight is 301 g/mol. The average Bonchev–Trinajstić information content (AvgIpc) is 2.82. The van der Waals surface area contributed by atoms with Gasteiger partial charge < -0.3 is 0 Å².